The van der Waals surface area contributed by atoms with Crippen LogP contribution >= 0.6 is 0 Å². The van der Waals surface area contributed by atoms with Gasteiger partial charge >= 0.3 is 5.63 Å². The fourth-order valence-electron chi connectivity index (χ4n) is 3.36. The first-order valence-corrected chi connectivity index (χ1v) is 9.37. The molecule has 0 fully saturated rings. The van der Waals surface area contributed by atoms with Gasteiger partial charge in [0.25, 0.3) is 0 Å². The molecule has 148 valence electrons. The molecule has 0 saturated heterocycles. The number of nitrogens with one attached hydrogen (secondary N) is 1. The zero-order valence-electron chi connectivity index (χ0n) is 16.7. The Kier molecular flexibility index (Phi) is 5.90. The summed E-state index contributed by atoms with van der Waals surface area (Å²) in [6.45, 7) is 6.59. The molecule has 1 heterocycles. The van der Waals surface area contributed by atoms with E-state index in [2.05, 4.69) is 13.8 Å². The number of hydrogen-bond donors (Lipinski definition) is 2. The van der Waals surface area contributed by atoms with Gasteiger partial charge in [0, 0.05) is 17.0 Å². The molecule has 0 bridgehead atoms. The van der Waals surface area contributed by atoms with E-state index in [4.69, 9.17) is 13.9 Å². The number of fused-ring (bicyclic) bond motifs is 1. The van der Waals surface area contributed by atoms with Crippen molar-refractivity contribution >= 4 is 11.0 Å². The van der Waals surface area contributed by atoms with Gasteiger partial charge < -0.3 is 23.9 Å². The van der Waals surface area contributed by atoms with Crippen LogP contribution in [-0.4, -0.2) is 32.4 Å². The summed E-state index contributed by atoms with van der Waals surface area (Å²) in [5.41, 5.74) is 1.64. The minimum absolute atomic E-state index is 0.143. The van der Waals surface area contributed by atoms with Crippen LogP contribution < -0.4 is 20.0 Å². The highest BCUT2D eigenvalue weighted by atomic mass is 16.5. The van der Waals surface area contributed by atoms with E-state index >= 15 is 0 Å². The van der Waals surface area contributed by atoms with Gasteiger partial charge in [0.05, 0.1) is 38.4 Å². The Labute approximate surface area is 163 Å². The lowest BCUT2D eigenvalue weighted by Crippen LogP contribution is -3.10. The highest BCUT2D eigenvalue weighted by Crippen LogP contribution is 2.34. The van der Waals surface area contributed by atoms with E-state index in [0.717, 1.165) is 18.5 Å². The Morgan fingerprint density at radius 3 is 2.39 bits per heavy atom. The molecule has 3 aromatic rings. The number of phenols is 1. The maximum atomic E-state index is 12.8. The number of ether oxygens (including phenoxy) is 2. The van der Waals surface area contributed by atoms with Gasteiger partial charge in [-0.05, 0) is 44.2 Å². The van der Waals surface area contributed by atoms with Crippen molar-refractivity contribution in [3.63, 3.8) is 0 Å². The average molecular weight is 384 g/mol. The van der Waals surface area contributed by atoms with Crippen LogP contribution in [-0.2, 0) is 6.54 Å². The highest BCUT2D eigenvalue weighted by Gasteiger charge is 2.19. The maximum absolute atomic E-state index is 12.8. The summed E-state index contributed by atoms with van der Waals surface area (Å²) in [6.07, 6.45) is 0. The molecule has 1 aromatic heterocycles. The molecule has 6 nitrogen and oxygen atoms in total. The van der Waals surface area contributed by atoms with Gasteiger partial charge in [0.15, 0.2) is 5.58 Å². The van der Waals surface area contributed by atoms with E-state index in [-0.39, 0.29) is 5.75 Å². The SMILES string of the molecule is CC[NH+](CC)Cc1c(O)ccc2cc(-c3ccc(OC)cc3OC)c(=O)oc12. The van der Waals surface area contributed by atoms with Crippen LogP contribution in [0.2, 0.25) is 0 Å². The highest BCUT2D eigenvalue weighted by molar-refractivity contribution is 5.86. The van der Waals surface area contributed by atoms with Crippen LogP contribution in [0.1, 0.15) is 19.4 Å². The molecular formula is C22H26NO5+. The number of hydrogen-bond acceptors (Lipinski definition) is 5. The fourth-order valence-corrected chi connectivity index (χ4v) is 3.36. The van der Waals surface area contributed by atoms with Gasteiger partial charge in [-0.15, -0.1) is 0 Å². The molecule has 6 heteroatoms. The van der Waals surface area contributed by atoms with Gasteiger partial charge in [-0.2, -0.15) is 0 Å². The standard InChI is InChI=1S/C22H25NO5/c1-5-23(6-2)13-18-19(24)10-7-14-11-17(22(25)28-21(14)18)16-9-8-15(26-3)12-20(16)27-4/h7-12,24H,5-6,13H2,1-4H3/p+1. The summed E-state index contributed by atoms with van der Waals surface area (Å²) in [6, 6.07) is 10.5. The Morgan fingerprint density at radius 2 is 1.75 bits per heavy atom. The topological polar surface area (TPSA) is 73.3 Å². The summed E-state index contributed by atoms with van der Waals surface area (Å²) in [5, 5.41) is 11.1. The lowest BCUT2D eigenvalue weighted by atomic mass is 10.0. The van der Waals surface area contributed by atoms with Crippen molar-refractivity contribution in [3.8, 4) is 28.4 Å². The first kappa shape index (κ1) is 19.8. The monoisotopic (exact) mass is 384 g/mol. The number of rotatable bonds is 7. The van der Waals surface area contributed by atoms with Gasteiger partial charge in [-0.3, -0.25) is 0 Å². The first-order chi connectivity index (χ1) is 13.5. The molecule has 2 aromatic carbocycles. The predicted octanol–water partition coefficient (Wildman–Crippen LogP) is 2.61. The third kappa shape index (κ3) is 3.68. The molecule has 0 aliphatic heterocycles. The molecule has 2 N–H and O–H groups in total. The summed E-state index contributed by atoms with van der Waals surface area (Å²) in [7, 11) is 3.12. The van der Waals surface area contributed by atoms with Crippen molar-refractivity contribution < 1.29 is 23.9 Å². The zero-order chi connectivity index (χ0) is 20.3. The predicted molar refractivity (Wildman–Crippen MR) is 108 cm³/mol. The molecular weight excluding hydrogens is 358 g/mol. The van der Waals surface area contributed by atoms with Gasteiger partial charge in [0.1, 0.15) is 23.8 Å². The van der Waals surface area contributed by atoms with Crippen molar-refractivity contribution in [2.45, 2.75) is 20.4 Å². The van der Waals surface area contributed by atoms with E-state index in [1.165, 1.54) is 4.90 Å². The van der Waals surface area contributed by atoms with Gasteiger partial charge in [-0.1, -0.05) is 0 Å². The van der Waals surface area contributed by atoms with Crippen LogP contribution in [0.25, 0.3) is 22.1 Å². The van der Waals surface area contributed by atoms with Crippen molar-refractivity contribution in [3.05, 3.63) is 52.4 Å². The number of aromatic hydroxyl groups is 1. The van der Waals surface area contributed by atoms with E-state index in [9.17, 15) is 9.90 Å². The third-order valence-corrected chi connectivity index (χ3v) is 5.11. The van der Waals surface area contributed by atoms with E-state index in [1.54, 1.807) is 50.6 Å². The molecule has 0 amide bonds. The second-order valence-electron chi connectivity index (χ2n) is 6.63. The maximum Gasteiger partial charge on any atom is 0.344 e. The summed E-state index contributed by atoms with van der Waals surface area (Å²) >= 11 is 0. The van der Waals surface area contributed by atoms with Gasteiger partial charge in [0.2, 0.25) is 0 Å². The molecule has 0 spiro atoms. The molecule has 0 aliphatic rings. The normalized spacial score (nSPS) is 11.2. The fraction of sp³-hybridized carbons (Fsp3) is 0.318. The Bertz CT molecular complexity index is 1040. The Hall–Kier alpha value is -2.99. The molecule has 28 heavy (non-hydrogen) atoms. The first-order valence-electron chi connectivity index (χ1n) is 9.37. The number of quaternary nitrogens is 1. The molecule has 0 radical (unpaired) electrons. The second kappa shape index (κ2) is 8.35. The van der Waals surface area contributed by atoms with Crippen LogP contribution in [0.5, 0.6) is 17.2 Å². The van der Waals surface area contributed by atoms with E-state index in [1.807, 2.05) is 0 Å². The molecule has 0 saturated carbocycles. The minimum Gasteiger partial charge on any atom is -0.507 e. The van der Waals surface area contributed by atoms with Crippen LogP contribution in [0.15, 0.2) is 45.6 Å². The summed E-state index contributed by atoms with van der Waals surface area (Å²) < 4.78 is 16.3. The van der Waals surface area contributed by atoms with Crippen molar-refractivity contribution in [1.82, 2.24) is 0 Å². The second-order valence-corrected chi connectivity index (χ2v) is 6.63. The number of phenolic OH excluding ortho intramolecular Hbond substituents is 1. The molecule has 0 aliphatic carbocycles. The quantitative estimate of drug-likeness (QED) is 0.613. The third-order valence-electron chi connectivity index (χ3n) is 5.11. The summed E-state index contributed by atoms with van der Waals surface area (Å²) in [4.78, 5) is 14.1. The van der Waals surface area contributed by atoms with E-state index < -0.39 is 5.63 Å². The van der Waals surface area contributed by atoms with Crippen molar-refractivity contribution in [2.75, 3.05) is 27.3 Å². The Morgan fingerprint density at radius 1 is 1.00 bits per heavy atom. The Balaban J connectivity index is 2.17. The largest absolute Gasteiger partial charge is 0.507 e. The molecule has 0 atom stereocenters. The molecule has 0 unspecified atom stereocenters. The summed E-state index contributed by atoms with van der Waals surface area (Å²) in [5.74, 6) is 1.31. The number of benzene rings is 2. The van der Waals surface area contributed by atoms with Crippen LogP contribution in [0.4, 0.5) is 0 Å². The zero-order valence-corrected chi connectivity index (χ0v) is 16.7. The van der Waals surface area contributed by atoms with Crippen LogP contribution in [0, 0.1) is 0 Å². The molecule has 3 rings (SSSR count). The van der Waals surface area contributed by atoms with Crippen molar-refractivity contribution in [2.24, 2.45) is 0 Å². The lowest BCUT2D eigenvalue weighted by molar-refractivity contribution is -0.910. The minimum atomic E-state index is -0.475. The van der Waals surface area contributed by atoms with Gasteiger partial charge in [-0.25, -0.2) is 4.79 Å². The lowest BCUT2D eigenvalue weighted by Gasteiger charge is -2.17. The van der Waals surface area contributed by atoms with Crippen LogP contribution in [0.3, 0.4) is 0 Å². The average Bonchev–Trinajstić information content (AvgIpc) is 2.72. The van der Waals surface area contributed by atoms with E-state index in [0.29, 0.717) is 40.3 Å². The van der Waals surface area contributed by atoms with Crippen molar-refractivity contribution in [1.29, 1.82) is 0 Å². The number of methoxy groups -OCH3 is 2. The smallest absolute Gasteiger partial charge is 0.344 e.